The summed E-state index contributed by atoms with van der Waals surface area (Å²) in [6, 6.07) is 11.8. The van der Waals surface area contributed by atoms with Crippen LogP contribution in [0.5, 0.6) is 0 Å². The van der Waals surface area contributed by atoms with E-state index >= 15 is 0 Å². The number of carbonyl (C=O) groups is 1. The molecule has 4 nitrogen and oxygen atoms in total. The van der Waals surface area contributed by atoms with Crippen molar-refractivity contribution in [1.29, 1.82) is 0 Å². The molecule has 3 rings (SSSR count). The minimum Gasteiger partial charge on any atom is -0.341 e. The van der Waals surface area contributed by atoms with Gasteiger partial charge in [0.1, 0.15) is 5.82 Å². The summed E-state index contributed by atoms with van der Waals surface area (Å²) >= 11 is 9.02. The largest absolute Gasteiger partial charge is 0.341 e. The Morgan fingerprint density at radius 1 is 1.38 bits per heavy atom. The Morgan fingerprint density at radius 3 is 2.88 bits per heavy atom. The molecule has 2 heterocycles. The topological polar surface area (TPSA) is 49.0 Å². The van der Waals surface area contributed by atoms with Crippen molar-refractivity contribution in [3.05, 3.63) is 51.4 Å². The summed E-state index contributed by atoms with van der Waals surface area (Å²) in [5.74, 6) is 1.43. The number of aromatic amines is 1. The number of H-pyrrole nitrogens is 1. The highest BCUT2D eigenvalue weighted by atomic mass is 35.5. The van der Waals surface area contributed by atoms with Crippen LogP contribution < -0.4 is 0 Å². The van der Waals surface area contributed by atoms with Gasteiger partial charge < -0.3 is 9.88 Å². The molecule has 1 aromatic carbocycles. The number of thiophene rings is 1. The summed E-state index contributed by atoms with van der Waals surface area (Å²) in [5.41, 5.74) is 1.98. The molecular weight excluding hydrogens is 362 g/mol. The van der Waals surface area contributed by atoms with Crippen molar-refractivity contribution < 1.29 is 4.79 Å². The molecule has 0 fully saturated rings. The summed E-state index contributed by atoms with van der Waals surface area (Å²) in [4.78, 5) is 23.0. The SMILES string of the molecule is CC(SCC(=O)N(C)Cc1ccc(Cl)s1)c1nc2ccccc2[nH]1. The monoisotopic (exact) mass is 379 g/mol. The summed E-state index contributed by atoms with van der Waals surface area (Å²) in [7, 11) is 1.82. The third kappa shape index (κ3) is 4.12. The zero-order chi connectivity index (χ0) is 17.1. The molecule has 0 aliphatic carbocycles. The number of nitrogens with zero attached hydrogens (tertiary/aromatic N) is 2. The molecule has 2 aromatic heterocycles. The molecule has 1 N–H and O–H groups in total. The highest BCUT2D eigenvalue weighted by Gasteiger charge is 2.16. The van der Waals surface area contributed by atoms with Gasteiger partial charge in [-0.15, -0.1) is 23.1 Å². The average Bonchev–Trinajstić information content (AvgIpc) is 3.18. The Hall–Kier alpha value is -1.50. The van der Waals surface area contributed by atoms with Crippen LogP contribution in [0.2, 0.25) is 4.34 Å². The molecular formula is C17H18ClN3OS2. The van der Waals surface area contributed by atoms with E-state index in [1.54, 1.807) is 16.7 Å². The van der Waals surface area contributed by atoms with Crippen molar-refractivity contribution in [2.45, 2.75) is 18.7 Å². The van der Waals surface area contributed by atoms with Gasteiger partial charge in [-0.1, -0.05) is 23.7 Å². The number of rotatable bonds is 6. The Bertz CT molecular complexity index is 812. The zero-order valence-corrected chi connectivity index (χ0v) is 15.8. The maximum Gasteiger partial charge on any atom is 0.232 e. The molecule has 0 aliphatic rings. The van der Waals surface area contributed by atoms with Gasteiger partial charge in [-0.05, 0) is 31.2 Å². The second kappa shape index (κ2) is 7.59. The molecule has 0 saturated heterocycles. The third-order valence-corrected chi connectivity index (χ3v) is 6.05. The average molecular weight is 380 g/mol. The molecule has 7 heteroatoms. The number of thioether (sulfide) groups is 1. The lowest BCUT2D eigenvalue weighted by atomic mass is 10.3. The van der Waals surface area contributed by atoms with Crippen LogP contribution in [0.25, 0.3) is 11.0 Å². The van der Waals surface area contributed by atoms with E-state index in [9.17, 15) is 4.79 Å². The normalized spacial score (nSPS) is 12.5. The molecule has 1 atom stereocenters. The van der Waals surface area contributed by atoms with E-state index in [2.05, 4.69) is 16.9 Å². The molecule has 0 radical (unpaired) electrons. The lowest BCUT2D eigenvalue weighted by Crippen LogP contribution is -2.27. The second-order valence-electron chi connectivity index (χ2n) is 5.55. The Kier molecular flexibility index (Phi) is 5.48. The van der Waals surface area contributed by atoms with Crippen molar-refractivity contribution in [2.75, 3.05) is 12.8 Å². The van der Waals surface area contributed by atoms with Gasteiger partial charge in [0.15, 0.2) is 0 Å². The third-order valence-electron chi connectivity index (χ3n) is 3.70. The lowest BCUT2D eigenvalue weighted by Gasteiger charge is -2.17. The van der Waals surface area contributed by atoms with Gasteiger partial charge >= 0.3 is 0 Å². The van der Waals surface area contributed by atoms with Crippen LogP contribution in [0.3, 0.4) is 0 Å². The van der Waals surface area contributed by atoms with Gasteiger partial charge in [-0.3, -0.25) is 4.79 Å². The lowest BCUT2D eigenvalue weighted by molar-refractivity contribution is -0.127. The number of hydrogen-bond acceptors (Lipinski definition) is 4. The van der Waals surface area contributed by atoms with E-state index in [0.29, 0.717) is 12.3 Å². The standard InChI is InChI=1S/C17H18ClN3OS2/c1-11(17-19-13-5-3-4-6-14(13)20-17)23-10-16(22)21(2)9-12-7-8-15(18)24-12/h3-8,11H,9-10H2,1-2H3,(H,19,20). The number of aromatic nitrogens is 2. The minimum atomic E-state index is 0.104. The Morgan fingerprint density at radius 2 is 2.17 bits per heavy atom. The fraction of sp³-hybridized carbons (Fsp3) is 0.294. The first kappa shape index (κ1) is 17.3. The molecule has 3 aromatic rings. The fourth-order valence-electron chi connectivity index (χ4n) is 2.31. The smallest absolute Gasteiger partial charge is 0.232 e. The van der Waals surface area contributed by atoms with Crippen LogP contribution in [0, 0.1) is 0 Å². The summed E-state index contributed by atoms with van der Waals surface area (Å²) in [6.07, 6.45) is 0. The van der Waals surface area contributed by atoms with Gasteiger partial charge in [-0.25, -0.2) is 4.98 Å². The van der Waals surface area contributed by atoms with E-state index in [1.165, 1.54) is 11.3 Å². The highest BCUT2D eigenvalue weighted by molar-refractivity contribution is 8.00. The number of amides is 1. The summed E-state index contributed by atoms with van der Waals surface area (Å²) < 4.78 is 0.749. The number of benzene rings is 1. The Labute approximate surface area is 154 Å². The van der Waals surface area contributed by atoms with E-state index in [4.69, 9.17) is 11.6 Å². The van der Waals surface area contributed by atoms with E-state index in [0.717, 1.165) is 26.1 Å². The van der Waals surface area contributed by atoms with Crippen molar-refractivity contribution in [1.82, 2.24) is 14.9 Å². The summed E-state index contributed by atoms with van der Waals surface area (Å²) in [6.45, 7) is 2.66. The van der Waals surface area contributed by atoms with Crippen LogP contribution in [-0.2, 0) is 11.3 Å². The number of fused-ring (bicyclic) bond motifs is 1. The zero-order valence-electron chi connectivity index (χ0n) is 13.5. The predicted octanol–water partition coefficient (Wildman–Crippen LogP) is 4.73. The van der Waals surface area contributed by atoms with Crippen molar-refractivity contribution in [2.24, 2.45) is 0 Å². The molecule has 24 heavy (non-hydrogen) atoms. The fourth-order valence-corrected chi connectivity index (χ4v) is 4.33. The van der Waals surface area contributed by atoms with Crippen LogP contribution >= 0.6 is 34.7 Å². The minimum absolute atomic E-state index is 0.104. The molecule has 0 saturated carbocycles. The predicted molar refractivity (Wildman–Crippen MR) is 103 cm³/mol. The van der Waals surface area contributed by atoms with E-state index < -0.39 is 0 Å². The van der Waals surface area contributed by atoms with Gasteiger partial charge in [0.2, 0.25) is 5.91 Å². The Balaban J connectivity index is 1.54. The number of imidazole rings is 1. The maximum absolute atomic E-state index is 12.3. The number of halogens is 1. The molecule has 0 bridgehead atoms. The number of nitrogens with one attached hydrogen (secondary N) is 1. The van der Waals surface area contributed by atoms with Crippen molar-refractivity contribution in [3.63, 3.8) is 0 Å². The first-order valence-electron chi connectivity index (χ1n) is 7.57. The number of carbonyl (C=O) groups excluding carboxylic acids is 1. The van der Waals surface area contributed by atoms with Crippen LogP contribution in [0.1, 0.15) is 22.9 Å². The maximum atomic E-state index is 12.3. The summed E-state index contributed by atoms with van der Waals surface area (Å²) in [5, 5.41) is 0.130. The molecule has 1 amide bonds. The van der Waals surface area contributed by atoms with E-state index in [-0.39, 0.29) is 11.2 Å². The molecule has 126 valence electrons. The first-order chi connectivity index (χ1) is 11.5. The van der Waals surface area contributed by atoms with Gasteiger partial charge in [-0.2, -0.15) is 0 Å². The van der Waals surface area contributed by atoms with Gasteiger partial charge in [0.05, 0.1) is 32.9 Å². The second-order valence-corrected chi connectivity index (χ2v) is 8.68. The van der Waals surface area contributed by atoms with Crippen molar-refractivity contribution >= 4 is 51.6 Å². The quantitative estimate of drug-likeness (QED) is 0.673. The van der Waals surface area contributed by atoms with E-state index in [1.807, 2.05) is 43.4 Å². The number of hydrogen-bond donors (Lipinski definition) is 1. The van der Waals surface area contributed by atoms with Crippen LogP contribution in [-0.4, -0.2) is 33.6 Å². The first-order valence-corrected chi connectivity index (χ1v) is 9.81. The molecule has 1 unspecified atom stereocenters. The molecule has 0 spiro atoms. The van der Waals surface area contributed by atoms with Gasteiger partial charge in [0, 0.05) is 11.9 Å². The highest BCUT2D eigenvalue weighted by Crippen LogP contribution is 2.28. The van der Waals surface area contributed by atoms with Crippen LogP contribution in [0.15, 0.2) is 36.4 Å². The van der Waals surface area contributed by atoms with Gasteiger partial charge in [0.25, 0.3) is 0 Å². The van der Waals surface area contributed by atoms with Crippen LogP contribution in [0.4, 0.5) is 0 Å². The molecule has 0 aliphatic heterocycles. The van der Waals surface area contributed by atoms with Crippen molar-refractivity contribution in [3.8, 4) is 0 Å². The number of para-hydroxylation sites is 2.